The number of aliphatic hydroxyl groups excluding tert-OH is 1. The van der Waals surface area contributed by atoms with Gasteiger partial charge in [0.1, 0.15) is 6.10 Å². The van der Waals surface area contributed by atoms with Gasteiger partial charge < -0.3 is 9.84 Å². The first-order valence-electron chi connectivity index (χ1n) is 4.13. The van der Waals surface area contributed by atoms with Crippen molar-refractivity contribution in [2.75, 3.05) is 6.61 Å². The van der Waals surface area contributed by atoms with E-state index in [2.05, 4.69) is 0 Å². The maximum atomic E-state index is 9.61. The second-order valence-corrected chi connectivity index (χ2v) is 4.44. The molecule has 0 aliphatic rings. The summed E-state index contributed by atoms with van der Waals surface area (Å²) in [5.74, 6) is 0. The van der Waals surface area contributed by atoms with Crippen LogP contribution < -0.4 is 0 Å². The SMILES string of the molecule is CC(C)OCC(O)c1cc(Cl)cs1. The van der Waals surface area contributed by atoms with Crippen LogP contribution in [0, 0.1) is 0 Å². The molecule has 0 saturated carbocycles. The summed E-state index contributed by atoms with van der Waals surface area (Å²) in [4.78, 5) is 0.852. The number of rotatable bonds is 4. The molecule has 0 aliphatic carbocycles. The Morgan fingerprint density at radius 1 is 1.62 bits per heavy atom. The van der Waals surface area contributed by atoms with Crippen molar-refractivity contribution in [1.82, 2.24) is 0 Å². The van der Waals surface area contributed by atoms with Crippen LogP contribution in [-0.4, -0.2) is 17.8 Å². The minimum atomic E-state index is -0.556. The van der Waals surface area contributed by atoms with Crippen molar-refractivity contribution in [1.29, 1.82) is 0 Å². The third kappa shape index (κ3) is 3.65. The van der Waals surface area contributed by atoms with Crippen molar-refractivity contribution in [3.05, 3.63) is 21.3 Å². The fourth-order valence-corrected chi connectivity index (χ4v) is 1.92. The summed E-state index contributed by atoms with van der Waals surface area (Å²) in [6.07, 6.45) is -0.412. The smallest absolute Gasteiger partial charge is 0.111 e. The Morgan fingerprint density at radius 2 is 2.31 bits per heavy atom. The van der Waals surface area contributed by atoms with Gasteiger partial charge in [-0.2, -0.15) is 0 Å². The van der Waals surface area contributed by atoms with Gasteiger partial charge in [0, 0.05) is 10.3 Å². The van der Waals surface area contributed by atoms with Crippen molar-refractivity contribution in [2.24, 2.45) is 0 Å². The van der Waals surface area contributed by atoms with Gasteiger partial charge >= 0.3 is 0 Å². The highest BCUT2D eigenvalue weighted by molar-refractivity contribution is 7.10. The molecule has 74 valence electrons. The van der Waals surface area contributed by atoms with Crippen LogP contribution >= 0.6 is 22.9 Å². The van der Waals surface area contributed by atoms with Gasteiger partial charge in [0.2, 0.25) is 0 Å². The largest absolute Gasteiger partial charge is 0.385 e. The van der Waals surface area contributed by atoms with E-state index in [1.165, 1.54) is 11.3 Å². The number of hydrogen-bond acceptors (Lipinski definition) is 3. The molecule has 0 fully saturated rings. The van der Waals surface area contributed by atoms with Gasteiger partial charge in [-0.3, -0.25) is 0 Å². The molecule has 1 rings (SSSR count). The highest BCUT2D eigenvalue weighted by Crippen LogP contribution is 2.25. The van der Waals surface area contributed by atoms with Gasteiger partial charge in [-0.25, -0.2) is 0 Å². The maximum Gasteiger partial charge on any atom is 0.111 e. The molecular formula is C9H13ClO2S. The van der Waals surface area contributed by atoms with Crippen LogP contribution in [0.5, 0.6) is 0 Å². The van der Waals surface area contributed by atoms with Gasteiger partial charge in [0.15, 0.2) is 0 Å². The molecule has 0 aromatic carbocycles. The molecule has 0 spiro atoms. The van der Waals surface area contributed by atoms with Crippen molar-refractivity contribution < 1.29 is 9.84 Å². The summed E-state index contributed by atoms with van der Waals surface area (Å²) in [5, 5.41) is 12.1. The number of ether oxygens (including phenoxy) is 1. The van der Waals surface area contributed by atoms with Crippen molar-refractivity contribution >= 4 is 22.9 Å². The Labute approximate surface area is 87.1 Å². The first kappa shape index (κ1) is 11.0. The summed E-state index contributed by atoms with van der Waals surface area (Å²) in [5.41, 5.74) is 0. The zero-order valence-corrected chi connectivity index (χ0v) is 9.23. The summed E-state index contributed by atoms with van der Waals surface area (Å²) in [6, 6.07) is 1.76. The van der Waals surface area contributed by atoms with Crippen LogP contribution in [-0.2, 0) is 4.74 Å². The second-order valence-electron chi connectivity index (χ2n) is 3.07. The predicted molar refractivity (Wildman–Crippen MR) is 55.4 cm³/mol. The normalized spacial score (nSPS) is 13.6. The minimum absolute atomic E-state index is 0.144. The number of hydrogen-bond donors (Lipinski definition) is 1. The van der Waals surface area contributed by atoms with Crippen LogP contribution in [0.2, 0.25) is 5.02 Å². The molecular weight excluding hydrogens is 208 g/mol. The average Bonchev–Trinajstić information content (AvgIpc) is 2.47. The molecule has 0 aliphatic heterocycles. The Morgan fingerprint density at radius 3 is 2.77 bits per heavy atom. The molecule has 0 saturated heterocycles. The molecule has 2 nitrogen and oxygen atoms in total. The van der Waals surface area contributed by atoms with Crippen molar-refractivity contribution in [2.45, 2.75) is 26.1 Å². The summed E-state index contributed by atoms with van der Waals surface area (Å²) in [6.45, 7) is 4.21. The number of aliphatic hydroxyl groups is 1. The van der Waals surface area contributed by atoms with Crippen molar-refractivity contribution in [3.8, 4) is 0 Å². The molecule has 0 bridgehead atoms. The van der Waals surface area contributed by atoms with Gasteiger partial charge in [-0.05, 0) is 19.9 Å². The van der Waals surface area contributed by atoms with Crippen LogP contribution in [0.4, 0.5) is 0 Å². The Kier molecular flexibility index (Phi) is 4.19. The molecule has 4 heteroatoms. The Balaban J connectivity index is 2.44. The lowest BCUT2D eigenvalue weighted by Gasteiger charge is -2.11. The summed E-state index contributed by atoms with van der Waals surface area (Å²) >= 11 is 7.17. The molecule has 1 unspecified atom stereocenters. The lowest BCUT2D eigenvalue weighted by molar-refractivity contribution is 0.00634. The Bertz CT molecular complexity index is 260. The minimum Gasteiger partial charge on any atom is -0.385 e. The molecule has 13 heavy (non-hydrogen) atoms. The third-order valence-corrected chi connectivity index (χ3v) is 2.89. The Hall–Kier alpha value is -0.0900. The van der Waals surface area contributed by atoms with E-state index in [9.17, 15) is 5.11 Å². The summed E-state index contributed by atoms with van der Waals surface area (Å²) < 4.78 is 5.28. The lowest BCUT2D eigenvalue weighted by atomic mass is 10.3. The van der Waals surface area contributed by atoms with E-state index in [0.717, 1.165) is 4.88 Å². The topological polar surface area (TPSA) is 29.5 Å². The van der Waals surface area contributed by atoms with Crippen LogP contribution in [0.3, 0.4) is 0 Å². The molecule has 1 atom stereocenters. The standard InChI is InChI=1S/C9H13ClO2S/c1-6(2)12-4-8(11)9-3-7(10)5-13-9/h3,5-6,8,11H,4H2,1-2H3. The summed E-state index contributed by atoms with van der Waals surface area (Å²) in [7, 11) is 0. The molecule has 0 amide bonds. The van der Waals surface area contributed by atoms with E-state index in [1.54, 1.807) is 11.4 Å². The highest BCUT2D eigenvalue weighted by atomic mass is 35.5. The zero-order chi connectivity index (χ0) is 9.84. The van der Waals surface area contributed by atoms with E-state index in [4.69, 9.17) is 16.3 Å². The quantitative estimate of drug-likeness (QED) is 0.846. The van der Waals surface area contributed by atoms with E-state index in [-0.39, 0.29) is 6.10 Å². The third-order valence-electron chi connectivity index (χ3n) is 1.50. The van der Waals surface area contributed by atoms with Gasteiger partial charge in [-0.1, -0.05) is 11.6 Å². The highest BCUT2D eigenvalue weighted by Gasteiger charge is 2.10. The first-order chi connectivity index (χ1) is 6.09. The molecule has 1 aromatic rings. The molecule has 1 N–H and O–H groups in total. The van der Waals surface area contributed by atoms with Crippen molar-refractivity contribution in [3.63, 3.8) is 0 Å². The monoisotopic (exact) mass is 220 g/mol. The van der Waals surface area contributed by atoms with Crippen LogP contribution in [0.15, 0.2) is 11.4 Å². The van der Waals surface area contributed by atoms with E-state index in [0.29, 0.717) is 11.6 Å². The van der Waals surface area contributed by atoms with Gasteiger partial charge in [-0.15, -0.1) is 11.3 Å². The fraction of sp³-hybridized carbons (Fsp3) is 0.556. The van der Waals surface area contributed by atoms with Gasteiger partial charge in [0.05, 0.1) is 17.7 Å². The predicted octanol–water partition coefficient (Wildman–Crippen LogP) is 2.86. The van der Waals surface area contributed by atoms with E-state index >= 15 is 0 Å². The van der Waals surface area contributed by atoms with E-state index in [1.807, 2.05) is 13.8 Å². The molecule has 1 aromatic heterocycles. The van der Waals surface area contributed by atoms with Crippen LogP contribution in [0.1, 0.15) is 24.8 Å². The fourth-order valence-electron chi connectivity index (χ4n) is 0.869. The number of thiophene rings is 1. The molecule has 0 radical (unpaired) electrons. The second kappa shape index (κ2) is 4.96. The van der Waals surface area contributed by atoms with Crippen LogP contribution in [0.25, 0.3) is 0 Å². The van der Waals surface area contributed by atoms with Gasteiger partial charge in [0.25, 0.3) is 0 Å². The first-order valence-corrected chi connectivity index (χ1v) is 5.39. The molecule has 1 heterocycles. The zero-order valence-electron chi connectivity index (χ0n) is 7.66. The lowest BCUT2D eigenvalue weighted by Crippen LogP contribution is -2.10. The average molecular weight is 221 g/mol. The number of halogens is 1. The van der Waals surface area contributed by atoms with E-state index < -0.39 is 6.10 Å². The maximum absolute atomic E-state index is 9.61.